The molecular formula is C8H3ClN2O2. The topological polar surface area (TPSA) is 88.0 Å². The molecule has 0 aliphatic rings. The summed E-state index contributed by atoms with van der Waals surface area (Å²) in [5.74, 6) is -0.990. The predicted octanol–water partition coefficient (Wildman–Crippen LogP) is 1.49. The fraction of sp³-hybridized carbons (Fsp3) is 0. The van der Waals surface area contributed by atoms with Crippen molar-refractivity contribution in [3.05, 3.63) is 22.2 Å². The molecule has 0 aromatic heterocycles. The van der Waals surface area contributed by atoms with Gasteiger partial charge in [-0.1, -0.05) is 11.6 Å². The third-order valence-corrected chi connectivity index (χ3v) is 1.82. The Kier molecular flexibility index (Phi) is 2.27. The van der Waals surface area contributed by atoms with Gasteiger partial charge in [0.1, 0.15) is 28.5 Å². The van der Waals surface area contributed by atoms with Crippen LogP contribution in [0.25, 0.3) is 0 Å². The van der Waals surface area contributed by atoms with Gasteiger partial charge < -0.3 is 10.2 Å². The Morgan fingerprint density at radius 3 is 2.31 bits per heavy atom. The van der Waals surface area contributed by atoms with Gasteiger partial charge in [-0.05, 0) is 0 Å². The van der Waals surface area contributed by atoms with Crippen molar-refractivity contribution in [3.63, 3.8) is 0 Å². The Hall–Kier alpha value is -1.91. The molecule has 64 valence electrons. The highest BCUT2D eigenvalue weighted by atomic mass is 35.5. The predicted molar refractivity (Wildman–Crippen MR) is 44.2 cm³/mol. The minimum atomic E-state index is -0.569. The number of aromatic hydroxyl groups is 2. The molecule has 0 aliphatic carbocycles. The van der Waals surface area contributed by atoms with Crippen molar-refractivity contribution in [1.82, 2.24) is 0 Å². The summed E-state index contributed by atoms with van der Waals surface area (Å²) in [6, 6.07) is 4.30. The van der Waals surface area contributed by atoms with Crippen LogP contribution in [0.2, 0.25) is 5.02 Å². The highest BCUT2D eigenvalue weighted by Gasteiger charge is 2.15. The molecule has 0 spiro atoms. The van der Waals surface area contributed by atoms with Crippen LogP contribution in [0.15, 0.2) is 6.07 Å². The molecule has 1 rings (SSSR count). The molecule has 1 aromatic carbocycles. The SMILES string of the molecule is N#Cc1cc(O)c(Cl)c(O)c1C#N. The summed E-state index contributed by atoms with van der Waals surface area (Å²) in [5.41, 5.74) is -0.341. The molecule has 0 amide bonds. The summed E-state index contributed by atoms with van der Waals surface area (Å²) in [5, 5.41) is 35.0. The van der Waals surface area contributed by atoms with Crippen LogP contribution in [0.4, 0.5) is 0 Å². The van der Waals surface area contributed by atoms with Gasteiger partial charge in [-0.3, -0.25) is 0 Å². The zero-order chi connectivity index (χ0) is 10.0. The van der Waals surface area contributed by atoms with E-state index in [0.717, 1.165) is 6.07 Å². The Morgan fingerprint density at radius 2 is 1.85 bits per heavy atom. The summed E-state index contributed by atoms with van der Waals surface area (Å²) < 4.78 is 0. The monoisotopic (exact) mass is 194 g/mol. The Balaban J connectivity index is 3.63. The van der Waals surface area contributed by atoms with E-state index in [1.807, 2.05) is 0 Å². The number of phenols is 2. The van der Waals surface area contributed by atoms with Crippen molar-refractivity contribution in [2.75, 3.05) is 0 Å². The Bertz CT molecular complexity index is 443. The molecule has 0 radical (unpaired) electrons. The lowest BCUT2D eigenvalue weighted by atomic mass is 10.1. The molecule has 0 saturated heterocycles. The summed E-state index contributed by atoms with van der Waals surface area (Å²) >= 11 is 5.43. The zero-order valence-corrected chi connectivity index (χ0v) is 7.00. The number of halogens is 1. The second-order valence-electron chi connectivity index (χ2n) is 2.20. The maximum atomic E-state index is 9.22. The van der Waals surface area contributed by atoms with Gasteiger partial charge in [-0.25, -0.2) is 0 Å². The Labute approximate surface area is 78.8 Å². The molecule has 0 unspecified atom stereocenters. The lowest BCUT2D eigenvalue weighted by Crippen LogP contribution is -1.85. The largest absolute Gasteiger partial charge is 0.506 e. The highest BCUT2D eigenvalue weighted by molar-refractivity contribution is 6.33. The van der Waals surface area contributed by atoms with Gasteiger partial charge in [0.15, 0.2) is 5.75 Å². The van der Waals surface area contributed by atoms with Crippen LogP contribution in [0.5, 0.6) is 11.5 Å². The van der Waals surface area contributed by atoms with Crippen LogP contribution in [0.3, 0.4) is 0 Å². The van der Waals surface area contributed by atoms with Crippen molar-refractivity contribution in [1.29, 1.82) is 10.5 Å². The maximum Gasteiger partial charge on any atom is 0.157 e. The van der Waals surface area contributed by atoms with Gasteiger partial charge in [0.25, 0.3) is 0 Å². The van der Waals surface area contributed by atoms with Gasteiger partial charge in [0, 0.05) is 6.07 Å². The number of nitriles is 2. The smallest absolute Gasteiger partial charge is 0.157 e. The fourth-order valence-corrected chi connectivity index (χ4v) is 0.981. The molecule has 5 heteroatoms. The second-order valence-corrected chi connectivity index (χ2v) is 2.58. The van der Waals surface area contributed by atoms with Crippen molar-refractivity contribution in [2.45, 2.75) is 0 Å². The quantitative estimate of drug-likeness (QED) is 0.655. The average Bonchev–Trinajstić information content (AvgIpc) is 2.13. The minimum absolute atomic E-state index is 0.109. The lowest BCUT2D eigenvalue weighted by Gasteiger charge is -2.02. The maximum absolute atomic E-state index is 9.22. The minimum Gasteiger partial charge on any atom is -0.506 e. The summed E-state index contributed by atoms with van der Waals surface area (Å²) in [7, 11) is 0. The van der Waals surface area contributed by atoms with E-state index in [0.29, 0.717) is 0 Å². The van der Waals surface area contributed by atoms with Crippen molar-refractivity contribution in [3.8, 4) is 23.6 Å². The van der Waals surface area contributed by atoms with Crippen LogP contribution in [-0.2, 0) is 0 Å². The summed E-state index contributed by atoms with van der Waals surface area (Å²) in [4.78, 5) is 0. The van der Waals surface area contributed by atoms with Crippen molar-refractivity contribution in [2.24, 2.45) is 0 Å². The Morgan fingerprint density at radius 1 is 1.23 bits per heavy atom. The number of hydrogen-bond donors (Lipinski definition) is 2. The van der Waals surface area contributed by atoms with E-state index in [1.165, 1.54) is 0 Å². The molecule has 0 fully saturated rings. The van der Waals surface area contributed by atoms with Gasteiger partial charge in [0.05, 0.1) is 5.56 Å². The van der Waals surface area contributed by atoms with E-state index in [4.69, 9.17) is 27.2 Å². The van der Waals surface area contributed by atoms with Crippen LogP contribution in [0, 0.1) is 22.7 Å². The molecule has 0 bridgehead atoms. The molecule has 13 heavy (non-hydrogen) atoms. The third-order valence-electron chi connectivity index (χ3n) is 1.45. The first kappa shape index (κ1) is 9.18. The average molecular weight is 195 g/mol. The first-order chi connectivity index (χ1) is 6.11. The van der Waals surface area contributed by atoms with Crippen LogP contribution in [-0.4, -0.2) is 10.2 Å². The number of hydrogen-bond acceptors (Lipinski definition) is 4. The fourth-order valence-electron chi connectivity index (χ4n) is 0.832. The molecule has 2 N–H and O–H groups in total. The second kappa shape index (κ2) is 3.22. The van der Waals surface area contributed by atoms with Gasteiger partial charge in [-0.2, -0.15) is 10.5 Å². The van der Waals surface area contributed by atoms with Gasteiger partial charge >= 0.3 is 0 Å². The first-order valence-corrected chi connectivity index (χ1v) is 3.54. The summed E-state index contributed by atoms with van der Waals surface area (Å²) in [6.07, 6.45) is 0. The molecule has 0 atom stereocenters. The zero-order valence-electron chi connectivity index (χ0n) is 6.24. The van der Waals surface area contributed by atoms with E-state index in [9.17, 15) is 5.11 Å². The van der Waals surface area contributed by atoms with Gasteiger partial charge in [-0.15, -0.1) is 0 Å². The van der Waals surface area contributed by atoms with Crippen LogP contribution >= 0.6 is 11.6 Å². The van der Waals surface area contributed by atoms with Crippen molar-refractivity contribution < 1.29 is 10.2 Å². The van der Waals surface area contributed by atoms with E-state index in [1.54, 1.807) is 12.1 Å². The third kappa shape index (κ3) is 1.35. The standard InChI is InChI=1S/C8H3ClN2O2/c9-7-6(12)1-4(2-10)5(3-11)8(7)13/h1,12-13H. The van der Waals surface area contributed by atoms with E-state index < -0.39 is 11.5 Å². The number of benzene rings is 1. The number of nitrogens with zero attached hydrogens (tertiary/aromatic N) is 2. The molecule has 1 aromatic rings. The van der Waals surface area contributed by atoms with Gasteiger partial charge in [0.2, 0.25) is 0 Å². The highest BCUT2D eigenvalue weighted by Crippen LogP contribution is 2.36. The molecule has 0 aliphatic heterocycles. The van der Waals surface area contributed by atoms with E-state index in [2.05, 4.69) is 0 Å². The molecule has 0 heterocycles. The molecular weight excluding hydrogens is 192 g/mol. The van der Waals surface area contributed by atoms with E-state index in [-0.39, 0.29) is 16.1 Å². The summed E-state index contributed by atoms with van der Waals surface area (Å²) in [6.45, 7) is 0. The molecule has 4 nitrogen and oxygen atoms in total. The number of rotatable bonds is 0. The normalized spacial score (nSPS) is 8.85. The first-order valence-electron chi connectivity index (χ1n) is 3.16. The number of phenolic OH excluding ortho intramolecular Hbond substituents is 2. The van der Waals surface area contributed by atoms with Crippen LogP contribution in [0.1, 0.15) is 11.1 Å². The lowest BCUT2D eigenvalue weighted by molar-refractivity contribution is 0.449. The van der Waals surface area contributed by atoms with Crippen LogP contribution < -0.4 is 0 Å². The van der Waals surface area contributed by atoms with E-state index >= 15 is 0 Å². The molecule has 0 saturated carbocycles. The van der Waals surface area contributed by atoms with Crippen molar-refractivity contribution >= 4 is 11.6 Å².